The third-order valence-electron chi connectivity index (χ3n) is 5.42. The SMILES string of the molecule is COc1cccc(CC(C(=O)N2CCC(N)C(C)(C)C2)n2nnnc2C)c1. The van der Waals surface area contributed by atoms with E-state index in [9.17, 15) is 4.79 Å². The van der Waals surface area contributed by atoms with Gasteiger partial charge in [0.05, 0.1) is 7.11 Å². The predicted octanol–water partition coefficient (Wildman–Crippen LogP) is 1.36. The molecule has 3 rings (SSSR count). The maximum Gasteiger partial charge on any atom is 0.247 e. The lowest BCUT2D eigenvalue weighted by Crippen LogP contribution is -2.55. The molecule has 0 saturated carbocycles. The summed E-state index contributed by atoms with van der Waals surface area (Å²) in [5.74, 6) is 1.40. The number of amides is 1. The summed E-state index contributed by atoms with van der Waals surface area (Å²) in [7, 11) is 1.63. The van der Waals surface area contributed by atoms with Crippen LogP contribution in [0.2, 0.25) is 0 Å². The number of carbonyl (C=O) groups is 1. The molecule has 1 amide bonds. The van der Waals surface area contributed by atoms with Gasteiger partial charge < -0.3 is 15.4 Å². The Morgan fingerprint density at radius 1 is 1.44 bits per heavy atom. The minimum atomic E-state index is -0.503. The summed E-state index contributed by atoms with van der Waals surface area (Å²) in [6.45, 7) is 7.30. The number of likely N-dealkylation sites (tertiary alicyclic amines) is 1. The molecule has 0 radical (unpaired) electrons. The van der Waals surface area contributed by atoms with E-state index >= 15 is 0 Å². The molecule has 2 heterocycles. The lowest BCUT2D eigenvalue weighted by atomic mass is 9.79. The number of tetrazole rings is 1. The van der Waals surface area contributed by atoms with E-state index in [0.717, 1.165) is 17.7 Å². The highest BCUT2D eigenvalue weighted by Crippen LogP contribution is 2.30. The van der Waals surface area contributed by atoms with Gasteiger partial charge in [0.15, 0.2) is 0 Å². The smallest absolute Gasteiger partial charge is 0.247 e. The lowest BCUT2D eigenvalue weighted by Gasteiger charge is -2.43. The minimum absolute atomic E-state index is 0.0215. The summed E-state index contributed by atoms with van der Waals surface area (Å²) in [5.41, 5.74) is 7.11. The van der Waals surface area contributed by atoms with Gasteiger partial charge in [-0.25, -0.2) is 4.68 Å². The molecule has 1 saturated heterocycles. The first-order valence-electron chi connectivity index (χ1n) is 9.23. The first kappa shape index (κ1) is 19.3. The first-order chi connectivity index (χ1) is 12.8. The molecule has 1 aromatic carbocycles. The van der Waals surface area contributed by atoms with Crippen molar-refractivity contribution < 1.29 is 9.53 Å². The molecule has 2 aromatic rings. The van der Waals surface area contributed by atoms with E-state index in [1.54, 1.807) is 11.8 Å². The number of carbonyl (C=O) groups excluding carboxylic acids is 1. The molecular formula is C19H28N6O2. The normalized spacial score (nSPS) is 20.3. The summed E-state index contributed by atoms with van der Waals surface area (Å²) in [6, 6.07) is 7.32. The number of nitrogens with two attached hydrogens (primary N) is 1. The van der Waals surface area contributed by atoms with Crippen molar-refractivity contribution in [3.63, 3.8) is 0 Å². The number of nitrogens with zero attached hydrogens (tertiary/aromatic N) is 5. The average Bonchev–Trinajstić information content (AvgIpc) is 3.07. The molecule has 8 nitrogen and oxygen atoms in total. The minimum Gasteiger partial charge on any atom is -0.497 e. The molecule has 8 heteroatoms. The average molecular weight is 372 g/mol. The lowest BCUT2D eigenvalue weighted by molar-refractivity contribution is -0.138. The standard InChI is InChI=1S/C19H28N6O2/c1-13-21-22-23-25(13)16(11-14-6-5-7-15(10-14)27-4)18(26)24-9-8-17(20)19(2,3)12-24/h5-7,10,16-17H,8-9,11-12,20H2,1-4H3. The van der Waals surface area contributed by atoms with Gasteiger partial charge in [0.1, 0.15) is 17.6 Å². The third-order valence-corrected chi connectivity index (χ3v) is 5.42. The topological polar surface area (TPSA) is 99.2 Å². The molecule has 0 bridgehead atoms. The summed E-state index contributed by atoms with van der Waals surface area (Å²) in [6.07, 6.45) is 1.28. The highest BCUT2D eigenvalue weighted by molar-refractivity contribution is 5.81. The number of hydrogen-bond donors (Lipinski definition) is 1. The van der Waals surface area contributed by atoms with Gasteiger partial charge in [-0.2, -0.15) is 0 Å². The molecular weight excluding hydrogens is 344 g/mol. The predicted molar refractivity (Wildman–Crippen MR) is 101 cm³/mol. The van der Waals surface area contributed by atoms with E-state index < -0.39 is 6.04 Å². The zero-order valence-electron chi connectivity index (χ0n) is 16.4. The Morgan fingerprint density at radius 3 is 2.85 bits per heavy atom. The number of ether oxygens (including phenoxy) is 1. The Labute approximate surface area is 159 Å². The van der Waals surface area contributed by atoms with Crippen molar-refractivity contribution in [3.8, 4) is 5.75 Å². The van der Waals surface area contributed by atoms with Crippen molar-refractivity contribution in [2.45, 2.75) is 45.7 Å². The third kappa shape index (κ3) is 4.10. The number of methoxy groups -OCH3 is 1. The van der Waals surface area contributed by atoms with Crippen molar-refractivity contribution in [1.82, 2.24) is 25.1 Å². The van der Waals surface area contributed by atoms with Crippen molar-refractivity contribution in [2.75, 3.05) is 20.2 Å². The van der Waals surface area contributed by atoms with Crippen molar-refractivity contribution >= 4 is 5.91 Å². The molecule has 0 spiro atoms. The second-order valence-electron chi connectivity index (χ2n) is 7.89. The van der Waals surface area contributed by atoms with Crippen LogP contribution in [0.1, 0.15) is 37.7 Å². The molecule has 1 aromatic heterocycles. The maximum atomic E-state index is 13.4. The molecule has 1 aliphatic rings. The van der Waals surface area contributed by atoms with Crippen LogP contribution < -0.4 is 10.5 Å². The number of aryl methyl sites for hydroxylation is 1. The summed E-state index contributed by atoms with van der Waals surface area (Å²) < 4.78 is 6.92. The van der Waals surface area contributed by atoms with Gasteiger partial charge in [0, 0.05) is 25.6 Å². The van der Waals surface area contributed by atoms with Crippen LogP contribution in [0.3, 0.4) is 0 Å². The van der Waals surface area contributed by atoms with Crippen LogP contribution >= 0.6 is 0 Å². The van der Waals surface area contributed by atoms with E-state index in [1.165, 1.54) is 0 Å². The fraction of sp³-hybridized carbons (Fsp3) is 0.579. The van der Waals surface area contributed by atoms with Gasteiger partial charge in [-0.15, -0.1) is 5.10 Å². The van der Waals surface area contributed by atoms with E-state index in [0.29, 0.717) is 25.3 Å². The number of piperidine rings is 1. The molecule has 1 aliphatic heterocycles. The highest BCUT2D eigenvalue weighted by atomic mass is 16.5. The quantitative estimate of drug-likeness (QED) is 0.851. The van der Waals surface area contributed by atoms with Crippen LogP contribution in [0.4, 0.5) is 0 Å². The zero-order valence-corrected chi connectivity index (χ0v) is 16.4. The van der Waals surface area contributed by atoms with Crippen molar-refractivity contribution in [1.29, 1.82) is 0 Å². The highest BCUT2D eigenvalue weighted by Gasteiger charge is 2.38. The van der Waals surface area contributed by atoms with E-state index in [4.69, 9.17) is 10.5 Å². The molecule has 27 heavy (non-hydrogen) atoms. The Morgan fingerprint density at radius 2 is 2.22 bits per heavy atom. The molecule has 2 N–H and O–H groups in total. The van der Waals surface area contributed by atoms with Gasteiger partial charge in [0.25, 0.3) is 0 Å². The fourth-order valence-corrected chi connectivity index (χ4v) is 3.60. The Balaban J connectivity index is 1.88. The van der Waals surface area contributed by atoms with Gasteiger partial charge in [-0.05, 0) is 46.9 Å². The maximum absolute atomic E-state index is 13.4. The summed E-state index contributed by atoms with van der Waals surface area (Å²) in [4.78, 5) is 15.3. The Bertz CT molecular complexity index is 803. The first-order valence-corrected chi connectivity index (χ1v) is 9.23. The Kier molecular flexibility index (Phi) is 5.46. The number of hydrogen-bond acceptors (Lipinski definition) is 6. The van der Waals surface area contributed by atoms with Crippen LogP contribution in [-0.4, -0.2) is 57.3 Å². The van der Waals surface area contributed by atoms with E-state index in [1.807, 2.05) is 36.1 Å². The van der Waals surface area contributed by atoms with Gasteiger partial charge in [-0.3, -0.25) is 4.79 Å². The van der Waals surface area contributed by atoms with E-state index in [-0.39, 0.29) is 17.4 Å². The largest absolute Gasteiger partial charge is 0.497 e. The molecule has 1 fully saturated rings. The van der Waals surface area contributed by atoms with Crippen LogP contribution in [-0.2, 0) is 11.2 Å². The van der Waals surface area contributed by atoms with Crippen LogP contribution in [0.15, 0.2) is 24.3 Å². The fourth-order valence-electron chi connectivity index (χ4n) is 3.60. The van der Waals surface area contributed by atoms with Gasteiger partial charge in [0.2, 0.25) is 5.91 Å². The summed E-state index contributed by atoms with van der Waals surface area (Å²) >= 11 is 0. The molecule has 146 valence electrons. The number of rotatable bonds is 5. The van der Waals surface area contributed by atoms with Crippen molar-refractivity contribution in [3.05, 3.63) is 35.7 Å². The van der Waals surface area contributed by atoms with Crippen LogP contribution in [0.5, 0.6) is 5.75 Å². The second-order valence-corrected chi connectivity index (χ2v) is 7.89. The number of aromatic nitrogens is 4. The van der Waals surface area contributed by atoms with Gasteiger partial charge in [-0.1, -0.05) is 26.0 Å². The Hall–Kier alpha value is -2.48. The second kappa shape index (κ2) is 7.64. The molecule has 2 unspecified atom stereocenters. The monoisotopic (exact) mass is 372 g/mol. The molecule has 2 atom stereocenters. The van der Waals surface area contributed by atoms with E-state index in [2.05, 4.69) is 29.4 Å². The molecule has 0 aliphatic carbocycles. The van der Waals surface area contributed by atoms with Crippen LogP contribution in [0.25, 0.3) is 0 Å². The zero-order chi connectivity index (χ0) is 19.6. The van der Waals surface area contributed by atoms with Crippen LogP contribution in [0, 0.1) is 12.3 Å². The summed E-state index contributed by atoms with van der Waals surface area (Å²) in [5, 5.41) is 11.8. The van der Waals surface area contributed by atoms with Crippen molar-refractivity contribution in [2.24, 2.45) is 11.1 Å². The number of benzene rings is 1. The van der Waals surface area contributed by atoms with Gasteiger partial charge >= 0.3 is 0 Å².